The smallest absolute Gasteiger partial charge is 0.220 e. The van der Waals surface area contributed by atoms with Gasteiger partial charge >= 0.3 is 0 Å². The molecule has 4 rings (SSSR count). The molecule has 2 aliphatic rings. The molecule has 25 heavy (non-hydrogen) atoms. The molecule has 0 aliphatic heterocycles. The van der Waals surface area contributed by atoms with E-state index in [0.29, 0.717) is 18.3 Å². The van der Waals surface area contributed by atoms with Crippen molar-refractivity contribution in [2.45, 2.75) is 37.6 Å². The zero-order chi connectivity index (χ0) is 17.6. The molecule has 2 aromatic carbocycles. The molecule has 2 aromatic rings. The van der Waals surface area contributed by atoms with Crippen LogP contribution in [-0.4, -0.2) is 19.1 Å². The molecule has 1 fully saturated rings. The minimum Gasteiger partial charge on any atom is -0.496 e. The van der Waals surface area contributed by atoms with E-state index in [4.69, 9.17) is 16.3 Å². The van der Waals surface area contributed by atoms with Crippen LogP contribution >= 0.6 is 11.6 Å². The van der Waals surface area contributed by atoms with Crippen molar-refractivity contribution in [3.8, 4) is 5.75 Å². The predicted octanol–water partition coefficient (Wildman–Crippen LogP) is 4.30. The summed E-state index contributed by atoms with van der Waals surface area (Å²) in [4.78, 5) is 12.5. The zero-order valence-electron chi connectivity index (χ0n) is 14.5. The summed E-state index contributed by atoms with van der Waals surface area (Å²) in [6.45, 7) is 2.07. The Morgan fingerprint density at radius 3 is 2.92 bits per heavy atom. The van der Waals surface area contributed by atoms with Crippen LogP contribution in [0.2, 0.25) is 5.02 Å². The molecule has 0 radical (unpaired) electrons. The van der Waals surface area contributed by atoms with Gasteiger partial charge in [0.15, 0.2) is 0 Å². The van der Waals surface area contributed by atoms with Crippen molar-refractivity contribution >= 4 is 17.5 Å². The van der Waals surface area contributed by atoms with Gasteiger partial charge in [0, 0.05) is 23.4 Å². The van der Waals surface area contributed by atoms with Gasteiger partial charge in [-0.2, -0.15) is 0 Å². The first-order valence-electron chi connectivity index (χ1n) is 8.79. The lowest BCUT2D eigenvalue weighted by atomic mass is 9.96. The SMILES string of the molecule is COc1ccccc1C(C)CC(=O)NC1C2Cc3cc(Cl)ccc3C21. The summed E-state index contributed by atoms with van der Waals surface area (Å²) in [7, 11) is 1.67. The Morgan fingerprint density at radius 2 is 2.12 bits per heavy atom. The van der Waals surface area contributed by atoms with Crippen molar-refractivity contribution in [2.24, 2.45) is 5.92 Å². The van der Waals surface area contributed by atoms with Gasteiger partial charge in [-0.05, 0) is 53.1 Å². The molecule has 1 amide bonds. The quantitative estimate of drug-likeness (QED) is 0.868. The molecule has 130 valence electrons. The second kappa shape index (κ2) is 6.38. The van der Waals surface area contributed by atoms with E-state index in [0.717, 1.165) is 22.8 Å². The number of nitrogens with one attached hydrogen (secondary N) is 1. The highest BCUT2D eigenvalue weighted by Crippen LogP contribution is 2.56. The van der Waals surface area contributed by atoms with Crippen LogP contribution in [-0.2, 0) is 11.2 Å². The van der Waals surface area contributed by atoms with Crippen LogP contribution < -0.4 is 10.1 Å². The standard InChI is InChI=1S/C21H22ClNO2/c1-12(15-5-3-4-6-18(15)25-2)9-19(24)23-21-17-11-13-10-14(22)7-8-16(13)20(17)21/h3-8,10,12,17,20-21H,9,11H2,1-2H3,(H,23,24). The average Bonchev–Trinajstić information content (AvgIpc) is 3.11. The molecule has 4 unspecified atom stereocenters. The van der Waals surface area contributed by atoms with Crippen LogP contribution in [0, 0.1) is 5.92 Å². The summed E-state index contributed by atoms with van der Waals surface area (Å²) in [6.07, 6.45) is 1.50. The van der Waals surface area contributed by atoms with Crippen molar-refractivity contribution in [2.75, 3.05) is 7.11 Å². The second-order valence-corrected chi connectivity index (χ2v) is 7.61. The van der Waals surface area contributed by atoms with Crippen molar-refractivity contribution in [1.29, 1.82) is 0 Å². The first kappa shape index (κ1) is 16.5. The second-order valence-electron chi connectivity index (χ2n) is 7.18. The van der Waals surface area contributed by atoms with E-state index in [1.54, 1.807) is 7.11 Å². The Labute approximate surface area is 153 Å². The van der Waals surface area contributed by atoms with Gasteiger partial charge in [0.05, 0.1) is 7.11 Å². The monoisotopic (exact) mass is 355 g/mol. The summed E-state index contributed by atoms with van der Waals surface area (Å²) in [5, 5.41) is 4.03. The fraction of sp³-hybridized carbons (Fsp3) is 0.381. The predicted molar refractivity (Wildman–Crippen MR) is 99.3 cm³/mol. The van der Waals surface area contributed by atoms with Gasteiger partial charge in [-0.25, -0.2) is 0 Å². The number of hydrogen-bond donors (Lipinski definition) is 1. The number of para-hydroxylation sites is 1. The number of fused-ring (bicyclic) bond motifs is 3. The lowest BCUT2D eigenvalue weighted by molar-refractivity contribution is -0.121. The first-order chi connectivity index (χ1) is 12.1. The molecular formula is C21H22ClNO2. The molecule has 0 bridgehead atoms. The summed E-state index contributed by atoms with van der Waals surface area (Å²) in [5.41, 5.74) is 3.78. The summed E-state index contributed by atoms with van der Waals surface area (Å²) in [5.74, 6) is 2.10. The van der Waals surface area contributed by atoms with Gasteiger partial charge in [-0.1, -0.05) is 42.8 Å². The van der Waals surface area contributed by atoms with Crippen molar-refractivity contribution in [3.05, 3.63) is 64.2 Å². The van der Waals surface area contributed by atoms with Gasteiger partial charge in [0.1, 0.15) is 5.75 Å². The summed E-state index contributed by atoms with van der Waals surface area (Å²) in [6, 6.07) is 14.3. The molecule has 0 heterocycles. The maximum atomic E-state index is 12.5. The van der Waals surface area contributed by atoms with Crippen molar-refractivity contribution in [3.63, 3.8) is 0 Å². The number of carbonyl (C=O) groups excluding carboxylic acids is 1. The van der Waals surface area contributed by atoms with Gasteiger partial charge in [-0.15, -0.1) is 0 Å². The third kappa shape index (κ3) is 3.02. The lowest BCUT2D eigenvalue weighted by Crippen LogP contribution is -2.29. The van der Waals surface area contributed by atoms with E-state index < -0.39 is 0 Å². The number of benzene rings is 2. The Balaban J connectivity index is 1.37. The summed E-state index contributed by atoms with van der Waals surface area (Å²) >= 11 is 6.07. The van der Waals surface area contributed by atoms with E-state index in [1.165, 1.54) is 11.1 Å². The average molecular weight is 356 g/mol. The first-order valence-corrected chi connectivity index (χ1v) is 9.17. The van der Waals surface area contributed by atoms with Crippen LogP contribution in [0.5, 0.6) is 5.75 Å². The number of carbonyl (C=O) groups is 1. The molecule has 0 spiro atoms. The number of hydrogen-bond acceptors (Lipinski definition) is 2. The minimum absolute atomic E-state index is 0.119. The van der Waals surface area contributed by atoms with E-state index >= 15 is 0 Å². The fourth-order valence-corrected chi connectivity index (χ4v) is 4.48. The van der Waals surface area contributed by atoms with E-state index in [2.05, 4.69) is 24.4 Å². The number of amides is 1. The maximum Gasteiger partial charge on any atom is 0.220 e. The van der Waals surface area contributed by atoms with Gasteiger partial charge in [0.25, 0.3) is 0 Å². The molecular weight excluding hydrogens is 334 g/mol. The molecule has 0 saturated heterocycles. The zero-order valence-corrected chi connectivity index (χ0v) is 15.2. The van der Waals surface area contributed by atoms with E-state index in [9.17, 15) is 4.79 Å². The highest BCUT2D eigenvalue weighted by Gasteiger charge is 2.56. The van der Waals surface area contributed by atoms with Crippen LogP contribution in [0.3, 0.4) is 0 Å². The number of rotatable bonds is 5. The molecule has 3 nitrogen and oxygen atoms in total. The molecule has 0 aromatic heterocycles. The Bertz CT molecular complexity index is 819. The van der Waals surface area contributed by atoms with Crippen LogP contribution in [0.15, 0.2) is 42.5 Å². The fourth-order valence-electron chi connectivity index (χ4n) is 4.29. The highest BCUT2D eigenvalue weighted by molar-refractivity contribution is 6.30. The van der Waals surface area contributed by atoms with E-state index in [-0.39, 0.29) is 17.9 Å². The third-order valence-electron chi connectivity index (χ3n) is 5.58. The Kier molecular flexibility index (Phi) is 4.20. The number of halogens is 1. The summed E-state index contributed by atoms with van der Waals surface area (Å²) < 4.78 is 5.41. The molecule has 4 heteroatoms. The molecule has 1 saturated carbocycles. The van der Waals surface area contributed by atoms with Crippen LogP contribution in [0.1, 0.15) is 41.9 Å². The molecule has 2 aliphatic carbocycles. The van der Waals surface area contributed by atoms with Crippen molar-refractivity contribution in [1.82, 2.24) is 5.32 Å². The molecule has 4 atom stereocenters. The van der Waals surface area contributed by atoms with Crippen molar-refractivity contribution < 1.29 is 9.53 Å². The lowest BCUT2D eigenvalue weighted by Gasteiger charge is -2.16. The number of ether oxygens (including phenoxy) is 1. The molecule has 1 N–H and O–H groups in total. The normalized spacial score (nSPS) is 24.2. The Hall–Kier alpha value is -2.00. The third-order valence-corrected chi connectivity index (χ3v) is 5.81. The van der Waals surface area contributed by atoms with E-state index in [1.807, 2.05) is 30.3 Å². The maximum absolute atomic E-state index is 12.5. The topological polar surface area (TPSA) is 38.3 Å². The van der Waals surface area contributed by atoms with Crippen LogP contribution in [0.25, 0.3) is 0 Å². The minimum atomic E-state index is 0.119. The van der Waals surface area contributed by atoms with Gasteiger partial charge < -0.3 is 10.1 Å². The largest absolute Gasteiger partial charge is 0.496 e. The number of methoxy groups -OCH3 is 1. The van der Waals surface area contributed by atoms with Crippen LogP contribution in [0.4, 0.5) is 0 Å². The highest BCUT2D eigenvalue weighted by atomic mass is 35.5. The Morgan fingerprint density at radius 1 is 1.32 bits per heavy atom. The van der Waals surface area contributed by atoms with Gasteiger partial charge in [0.2, 0.25) is 5.91 Å². The van der Waals surface area contributed by atoms with Gasteiger partial charge in [-0.3, -0.25) is 4.79 Å².